The van der Waals surface area contributed by atoms with Gasteiger partial charge in [-0.3, -0.25) is 9.59 Å². The van der Waals surface area contributed by atoms with Crippen LogP contribution in [0.3, 0.4) is 0 Å². The van der Waals surface area contributed by atoms with Gasteiger partial charge in [-0.15, -0.1) is 0 Å². The third-order valence-electron chi connectivity index (χ3n) is 4.66. The number of nitrogens with zero attached hydrogens (tertiary/aromatic N) is 1. The minimum atomic E-state index is -0.914. The van der Waals surface area contributed by atoms with Crippen molar-refractivity contribution in [2.24, 2.45) is 5.92 Å². The van der Waals surface area contributed by atoms with Gasteiger partial charge in [-0.05, 0) is 37.1 Å². The van der Waals surface area contributed by atoms with E-state index in [4.69, 9.17) is 16.3 Å². The molecule has 0 aromatic heterocycles. The molecule has 1 saturated heterocycles. The second kappa shape index (κ2) is 8.65. The third-order valence-corrected chi connectivity index (χ3v) is 5.01. The lowest BCUT2D eigenvalue weighted by atomic mass is 9.96. The van der Waals surface area contributed by atoms with Crippen LogP contribution >= 0.6 is 11.6 Å². The molecule has 2 aromatic rings. The van der Waals surface area contributed by atoms with Crippen molar-refractivity contribution in [1.82, 2.24) is 4.90 Å². The first kappa shape index (κ1) is 20.2. The lowest BCUT2D eigenvalue weighted by molar-refractivity contribution is -0.151. The molecule has 0 unspecified atom stereocenters. The normalized spacial score (nSPS) is 14.8. The van der Waals surface area contributed by atoms with Crippen LogP contribution in [0.4, 0.5) is 13.2 Å². The number of ether oxygens (including phenoxy) is 1. The first-order chi connectivity index (χ1) is 13.3. The van der Waals surface area contributed by atoms with Gasteiger partial charge in [0.2, 0.25) is 0 Å². The van der Waals surface area contributed by atoms with Crippen LogP contribution < -0.4 is 0 Å². The Morgan fingerprint density at radius 3 is 2.32 bits per heavy atom. The zero-order chi connectivity index (χ0) is 20.3. The number of likely N-dealkylation sites (tertiary alicyclic amines) is 1. The van der Waals surface area contributed by atoms with E-state index >= 15 is 0 Å². The van der Waals surface area contributed by atoms with Gasteiger partial charge < -0.3 is 9.64 Å². The number of benzene rings is 2. The molecular formula is C20H17ClF3NO3. The van der Waals surface area contributed by atoms with Gasteiger partial charge in [-0.25, -0.2) is 13.2 Å². The van der Waals surface area contributed by atoms with E-state index in [1.54, 1.807) is 0 Å². The lowest BCUT2D eigenvalue weighted by Crippen LogP contribution is -2.41. The van der Waals surface area contributed by atoms with E-state index in [0.717, 1.165) is 18.2 Å². The van der Waals surface area contributed by atoms with E-state index < -0.39 is 35.2 Å². The summed E-state index contributed by atoms with van der Waals surface area (Å²) in [4.78, 5) is 26.1. The molecule has 0 atom stereocenters. The Kier molecular flexibility index (Phi) is 6.24. The summed E-state index contributed by atoms with van der Waals surface area (Å²) in [6, 6.07) is 6.62. The molecule has 0 spiro atoms. The summed E-state index contributed by atoms with van der Waals surface area (Å²) in [6.45, 7) is 0.442. The Hall–Kier alpha value is -2.54. The Balaban J connectivity index is 1.53. The van der Waals surface area contributed by atoms with Crippen molar-refractivity contribution in [3.05, 3.63) is 70.0 Å². The fraction of sp³-hybridized carbons (Fsp3) is 0.300. The molecule has 1 heterocycles. The zero-order valence-corrected chi connectivity index (χ0v) is 15.5. The van der Waals surface area contributed by atoms with Gasteiger partial charge in [0, 0.05) is 24.7 Å². The van der Waals surface area contributed by atoms with Crippen LogP contribution in [-0.4, -0.2) is 29.9 Å². The first-order valence-electron chi connectivity index (χ1n) is 8.70. The number of hydrogen-bond acceptors (Lipinski definition) is 3. The molecule has 1 amide bonds. The van der Waals surface area contributed by atoms with Crippen molar-refractivity contribution in [2.75, 3.05) is 13.1 Å². The van der Waals surface area contributed by atoms with Gasteiger partial charge in [-0.2, -0.15) is 0 Å². The van der Waals surface area contributed by atoms with Crippen molar-refractivity contribution >= 4 is 23.5 Å². The van der Waals surface area contributed by atoms with E-state index in [-0.39, 0.29) is 30.3 Å². The number of hydrogen-bond donors (Lipinski definition) is 0. The average Bonchev–Trinajstić information content (AvgIpc) is 2.67. The lowest BCUT2D eigenvalue weighted by Gasteiger charge is -2.31. The van der Waals surface area contributed by atoms with Crippen molar-refractivity contribution in [1.29, 1.82) is 0 Å². The summed E-state index contributed by atoms with van der Waals surface area (Å²) in [5.74, 6) is -3.52. The highest BCUT2D eigenvalue weighted by molar-refractivity contribution is 6.31. The highest BCUT2D eigenvalue weighted by Crippen LogP contribution is 2.23. The standard InChI is InChI=1S/C20H17ClF3NO3/c21-17-9-14(22)2-1-13(17)11-28-20(27)12-5-7-25(8-6-12)19(26)16-4-3-15(23)10-18(16)24/h1-4,9-10,12H,5-8,11H2. The van der Waals surface area contributed by atoms with Crippen molar-refractivity contribution < 1.29 is 27.5 Å². The maximum Gasteiger partial charge on any atom is 0.309 e. The Labute approximate surface area is 164 Å². The second-order valence-corrected chi connectivity index (χ2v) is 6.94. The van der Waals surface area contributed by atoms with Crippen molar-refractivity contribution in [2.45, 2.75) is 19.4 Å². The molecule has 0 bridgehead atoms. The first-order valence-corrected chi connectivity index (χ1v) is 9.08. The fourth-order valence-corrected chi connectivity index (χ4v) is 3.28. The fourth-order valence-electron chi connectivity index (χ4n) is 3.06. The molecule has 0 saturated carbocycles. The molecule has 1 aliphatic rings. The summed E-state index contributed by atoms with van der Waals surface area (Å²) >= 11 is 5.90. The predicted molar refractivity (Wildman–Crippen MR) is 96.2 cm³/mol. The Morgan fingerprint density at radius 2 is 1.68 bits per heavy atom. The SMILES string of the molecule is O=C(OCc1ccc(F)cc1Cl)C1CCN(C(=O)c2ccc(F)cc2F)CC1. The smallest absolute Gasteiger partial charge is 0.309 e. The van der Waals surface area contributed by atoms with Gasteiger partial charge >= 0.3 is 5.97 Å². The molecule has 0 radical (unpaired) electrons. The van der Waals surface area contributed by atoms with E-state index in [9.17, 15) is 22.8 Å². The highest BCUT2D eigenvalue weighted by atomic mass is 35.5. The largest absolute Gasteiger partial charge is 0.461 e. The van der Waals surface area contributed by atoms with Crippen molar-refractivity contribution in [3.63, 3.8) is 0 Å². The van der Waals surface area contributed by atoms with Gasteiger partial charge in [0.15, 0.2) is 0 Å². The molecule has 28 heavy (non-hydrogen) atoms. The number of piperidine rings is 1. The van der Waals surface area contributed by atoms with E-state index in [1.165, 1.54) is 17.0 Å². The van der Waals surface area contributed by atoms with Crippen molar-refractivity contribution in [3.8, 4) is 0 Å². The van der Waals surface area contributed by atoms with E-state index in [1.807, 2.05) is 0 Å². The molecule has 2 aromatic carbocycles. The van der Waals surface area contributed by atoms with Crippen LogP contribution in [0, 0.1) is 23.4 Å². The van der Waals surface area contributed by atoms with Gasteiger partial charge in [-0.1, -0.05) is 17.7 Å². The maximum absolute atomic E-state index is 13.8. The third kappa shape index (κ3) is 4.65. The topological polar surface area (TPSA) is 46.6 Å². The summed E-state index contributed by atoms with van der Waals surface area (Å²) in [7, 11) is 0. The van der Waals surface area contributed by atoms with Crippen LogP contribution in [0.25, 0.3) is 0 Å². The molecular weight excluding hydrogens is 395 g/mol. The molecule has 4 nitrogen and oxygen atoms in total. The zero-order valence-electron chi connectivity index (χ0n) is 14.8. The van der Waals surface area contributed by atoms with Gasteiger partial charge in [0.1, 0.15) is 24.1 Å². The second-order valence-electron chi connectivity index (χ2n) is 6.53. The van der Waals surface area contributed by atoms with Crippen LogP contribution in [-0.2, 0) is 16.1 Å². The quantitative estimate of drug-likeness (QED) is 0.702. The summed E-state index contributed by atoms with van der Waals surface area (Å²) in [6.07, 6.45) is 0.731. The molecule has 0 N–H and O–H groups in total. The summed E-state index contributed by atoms with van der Waals surface area (Å²) < 4.78 is 45.1. The molecule has 0 aliphatic carbocycles. The maximum atomic E-state index is 13.8. The number of halogens is 4. The van der Waals surface area contributed by atoms with E-state index in [0.29, 0.717) is 24.5 Å². The number of rotatable bonds is 4. The number of esters is 1. The number of carbonyl (C=O) groups excluding carboxylic acids is 2. The molecule has 148 valence electrons. The van der Waals surface area contributed by atoms with Gasteiger partial charge in [0.25, 0.3) is 5.91 Å². The Bertz CT molecular complexity index is 898. The average molecular weight is 412 g/mol. The minimum Gasteiger partial charge on any atom is -0.461 e. The summed E-state index contributed by atoms with van der Waals surface area (Å²) in [5.41, 5.74) is 0.296. The van der Waals surface area contributed by atoms with Gasteiger partial charge in [0.05, 0.1) is 16.5 Å². The summed E-state index contributed by atoms with van der Waals surface area (Å²) in [5, 5.41) is 0.176. The number of amides is 1. The van der Waals surface area contributed by atoms with E-state index in [2.05, 4.69) is 0 Å². The molecule has 3 rings (SSSR count). The minimum absolute atomic E-state index is 0.0715. The van der Waals surface area contributed by atoms with Crippen LogP contribution in [0.5, 0.6) is 0 Å². The molecule has 1 aliphatic heterocycles. The predicted octanol–water partition coefficient (Wildman–Crippen LogP) is 4.35. The van der Waals surface area contributed by atoms with Crippen LogP contribution in [0.15, 0.2) is 36.4 Å². The Morgan fingerprint density at radius 1 is 1.04 bits per heavy atom. The highest BCUT2D eigenvalue weighted by Gasteiger charge is 2.30. The molecule has 1 fully saturated rings. The number of carbonyl (C=O) groups is 2. The molecule has 8 heteroatoms. The van der Waals surface area contributed by atoms with Crippen LogP contribution in [0.2, 0.25) is 5.02 Å². The van der Waals surface area contributed by atoms with Crippen LogP contribution in [0.1, 0.15) is 28.8 Å². The monoisotopic (exact) mass is 411 g/mol.